The largest absolute Gasteiger partial charge is 0.493 e. The number of anilines is 1. The molecule has 24 heavy (non-hydrogen) atoms. The van der Waals surface area contributed by atoms with Gasteiger partial charge in [-0.2, -0.15) is 0 Å². The van der Waals surface area contributed by atoms with Crippen LogP contribution in [-0.2, 0) is 6.54 Å². The number of hydrogen-bond acceptors (Lipinski definition) is 5. The highest BCUT2D eigenvalue weighted by Crippen LogP contribution is 2.35. The van der Waals surface area contributed by atoms with E-state index in [1.807, 2.05) is 18.4 Å². The minimum atomic E-state index is -0.0795. The van der Waals surface area contributed by atoms with E-state index < -0.39 is 0 Å². The van der Waals surface area contributed by atoms with Crippen molar-refractivity contribution >= 4 is 23.4 Å². The van der Waals surface area contributed by atoms with E-state index in [1.54, 1.807) is 62.2 Å². The number of nitrogens with two attached hydrogens (primary N) is 1. The van der Waals surface area contributed by atoms with Gasteiger partial charge >= 0.3 is 0 Å². The molecular formula is C18H22N2O3S. The van der Waals surface area contributed by atoms with Gasteiger partial charge in [-0.3, -0.25) is 4.79 Å². The Morgan fingerprint density at radius 3 is 2.42 bits per heavy atom. The summed E-state index contributed by atoms with van der Waals surface area (Å²) in [4.78, 5) is 15.3. The van der Waals surface area contributed by atoms with Crippen LogP contribution in [-0.4, -0.2) is 38.3 Å². The zero-order valence-corrected chi connectivity index (χ0v) is 15.1. The lowest BCUT2D eigenvalue weighted by Gasteiger charge is -2.20. The average Bonchev–Trinajstić information content (AvgIpc) is 2.60. The number of amides is 1. The zero-order valence-electron chi connectivity index (χ0n) is 14.3. The first-order chi connectivity index (χ1) is 11.5. The first-order valence-electron chi connectivity index (χ1n) is 7.40. The Kier molecular flexibility index (Phi) is 5.98. The van der Waals surface area contributed by atoms with Crippen LogP contribution in [0.15, 0.2) is 41.3 Å². The molecule has 0 spiro atoms. The second-order valence-corrected chi connectivity index (χ2v) is 6.15. The highest BCUT2D eigenvalue weighted by atomic mass is 32.2. The second kappa shape index (κ2) is 7.97. The molecule has 2 aromatic carbocycles. The first kappa shape index (κ1) is 18.0. The predicted octanol–water partition coefficient (Wildman–Crippen LogP) is 3.28. The molecule has 0 aliphatic rings. The van der Waals surface area contributed by atoms with Gasteiger partial charge in [-0.05, 0) is 42.2 Å². The second-order valence-electron chi connectivity index (χ2n) is 5.31. The number of benzene rings is 2. The molecule has 0 fully saturated rings. The van der Waals surface area contributed by atoms with Crippen molar-refractivity contribution < 1.29 is 14.3 Å². The average molecular weight is 346 g/mol. The molecule has 0 bridgehead atoms. The van der Waals surface area contributed by atoms with Crippen molar-refractivity contribution in [2.24, 2.45) is 0 Å². The van der Waals surface area contributed by atoms with Crippen molar-refractivity contribution in [2.75, 3.05) is 33.3 Å². The van der Waals surface area contributed by atoms with Gasteiger partial charge in [-0.25, -0.2) is 0 Å². The number of carbonyl (C=O) groups is 1. The van der Waals surface area contributed by atoms with Gasteiger partial charge in [0.25, 0.3) is 5.91 Å². The minimum Gasteiger partial charge on any atom is -0.493 e. The molecule has 2 rings (SSSR count). The molecule has 2 aromatic rings. The first-order valence-corrected chi connectivity index (χ1v) is 8.62. The number of nitrogens with zero attached hydrogens (tertiary/aromatic N) is 1. The number of ether oxygens (including phenoxy) is 2. The fourth-order valence-corrected chi connectivity index (χ4v) is 3.05. The summed E-state index contributed by atoms with van der Waals surface area (Å²) >= 11 is 1.60. The van der Waals surface area contributed by atoms with E-state index in [1.165, 1.54) is 0 Å². The SMILES string of the molecule is COc1cc(CN(C)C(=O)c2cccc(N)c2)c(SC)cc1OC. The number of thioether (sulfide) groups is 1. The van der Waals surface area contributed by atoms with E-state index in [2.05, 4.69) is 0 Å². The van der Waals surface area contributed by atoms with Gasteiger partial charge in [0.05, 0.1) is 14.2 Å². The molecule has 6 heteroatoms. The quantitative estimate of drug-likeness (QED) is 0.642. The lowest BCUT2D eigenvalue weighted by Crippen LogP contribution is -2.26. The van der Waals surface area contributed by atoms with Gasteiger partial charge in [-0.15, -0.1) is 11.8 Å². The summed E-state index contributed by atoms with van der Waals surface area (Å²) in [5, 5.41) is 0. The number of nitrogen functional groups attached to an aromatic ring is 1. The molecule has 5 nitrogen and oxygen atoms in total. The Hall–Kier alpha value is -2.34. The van der Waals surface area contributed by atoms with E-state index in [0.717, 1.165) is 10.5 Å². The van der Waals surface area contributed by atoms with Crippen LogP contribution in [0.2, 0.25) is 0 Å². The van der Waals surface area contributed by atoms with Gasteiger partial charge in [-0.1, -0.05) is 6.07 Å². The highest BCUT2D eigenvalue weighted by molar-refractivity contribution is 7.98. The zero-order chi connectivity index (χ0) is 17.7. The Morgan fingerprint density at radius 2 is 1.83 bits per heavy atom. The third-order valence-corrected chi connectivity index (χ3v) is 4.49. The van der Waals surface area contributed by atoms with Crippen LogP contribution >= 0.6 is 11.8 Å². The number of carbonyl (C=O) groups excluding carboxylic acids is 1. The van der Waals surface area contributed by atoms with Crippen molar-refractivity contribution in [3.05, 3.63) is 47.5 Å². The van der Waals surface area contributed by atoms with Crippen LogP contribution in [0.5, 0.6) is 11.5 Å². The third kappa shape index (κ3) is 3.94. The van der Waals surface area contributed by atoms with Crippen LogP contribution in [0.25, 0.3) is 0 Å². The maximum Gasteiger partial charge on any atom is 0.253 e. The Balaban J connectivity index is 2.27. The molecule has 0 radical (unpaired) electrons. The van der Waals surface area contributed by atoms with Crippen molar-refractivity contribution in [1.29, 1.82) is 0 Å². The normalized spacial score (nSPS) is 10.3. The molecule has 128 valence electrons. The molecule has 0 aromatic heterocycles. The maximum atomic E-state index is 12.6. The molecule has 0 heterocycles. The molecule has 0 saturated carbocycles. The maximum absolute atomic E-state index is 12.6. The molecule has 0 unspecified atom stereocenters. The van der Waals surface area contributed by atoms with Crippen LogP contribution < -0.4 is 15.2 Å². The van der Waals surface area contributed by atoms with Gasteiger partial charge in [0.2, 0.25) is 0 Å². The molecule has 0 aliphatic carbocycles. The van der Waals surface area contributed by atoms with Crippen LogP contribution in [0.3, 0.4) is 0 Å². The minimum absolute atomic E-state index is 0.0795. The number of hydrogen-bond donors (Lipinski definition) is 1. The fourth-order valence-electron chi connectivity index (χ4n) is 2.44. The van der Waals surface area contributed by atoms with Crippen molar-refractivity contribution in [1.82, 2.24) is 4.90 Å². The standard InChI is InChI=1S/C18H22N2O3S/c1-20(18(21)12-6-5-7-14(19)8-12)11-13-9-15(22-2)16(23-3)10-17(13)24-4/h5-10H,11,19H2,1-4H3. The van der Waals surface area contributed by atoms with E-state index in [-0.39, 0.29) is 5.91 Å². The molecule has 0 atom stereocenters. The van der Waals surface area contributed by atoms with E-state index in [0.29, 0.717) is 29.3 Å². The third-order valence-electron chi connectivity index (χ3n) is 3.67. The molecule has 2 N–H and O–H groups in total. The Bertz CT molecular complexity index is 734. The summed E-state index contributed by atoms with van der Waals surface area (Å²) in [5.41, 5.74) is 7.91. The molecule has 0 aliphatic heterocycles. The number of methoxy groups -OCH3 is 2. The smallest absolute Gasteiger partial charge is 0.253 e. The summed E-state index contributed by atoms with van der Waals surface area (Å²) in [6, 6.07) is 10.8. The van der Waals surface area contributed by atoms with Gasteiger partial charge in [0.15, 0.2) is 11.5 Å². The van der Waals surface area contributed by atoms with E-state index in [9.17, 15) is 4.79 Å². The van der Waals surface area contributed by atoms with Crippen molar-refractivity contribution in [3.8, 4) is 11.5 Å². The van der Waals surface area contributed by atoms with Crippen molar-refractivity contribution in [2.45, 2.75) is 11.4 Å². The Morgan fingerprint density at radius 1 is 1.17 bits per heavy atom. The van der Waals surface area contributed by atoms with E-state index in [4.69, 9.17) is 15.2 Å². The Labute approximate surface area is 146 Å². The van der Waals surface area contributed by atoms with Gasteiger partial charge in [0.1, 0.15) is 0 Å². The van der Waals surface area contributed by atoms with Gasteiger partial charge in [0, 0.05) is 29.7 Å². The molecule has 1 amide bonds. The van der Waals surface area contributed by atoms with Crippen LogP contribution in [0.1, 0.15) is 15.9 Å². The lowest BCUT2D eigenvalue weighted by molar-refractivity contribution is 0.0784. The van der Waals surface area contributed by atoms with Crippen LogP contribution in [0.4, 0.5) is 5.69 Å². The topological polar surface area (TPSA) is 64.8 Å². The lowest BCUT2D eigenvalue weighted by atomic mass is 10.1. The predicted molar refractivity (Wildman–Crippen MR) is 98.0 cm³/mol. The highest BCUT2D eigenvalue weighted by Gasteiger charge is 2.16. The van der Waals surface area contributed by atoms with Crippen LogP contribution in [0, 0.1) is 0 Å². The summed E-state index contributed by atoms with van der Waals surface area (Å²) in [7, 11) is 4.98. The summed E-state index contributed by atoms with van der Waals surface area (Å²) in [6.45, 7) is 0.462. The monoisotopic (exact) mass is 346 g/mol. The van der Waals surface area contributed by atoms with E-state index >= 15 is 0 Å². The molecule has 0 saturated heterocycles. The summed E-state index contributed by atoms with van der Waals surface area (Å²) in [5.74, 6) is 1.25. The van der Waals surface area contributed by atoms with Crippen molar-refractivity contribution in [3.63, 3.8) is 0 Å². The summed E-state index contributed by atoms with van der Waals surface area (Å²) < 4.78 is 10.7. The van der Waals surface area contributed by atoms with Gasteiger partial charge < -0.3 is 20.1 Å². The fraction of sp³-hybridized carbons (Fsp3) is 0.278. The summed E-state index contributed by atoms with van der Waals surface area (Å²) in [6.07, 6.45) is 1.99. The number of rotatable bonds is 6. The molecular weight excluding hydrogens is 324 g/mol.